The van der Waals surface area contributed by atoms with Crippen LogP contribution in [0.3, 0.4) is 0 Å². The molecule has 0 saturated carbocycles. The lowest BCUT2D eigenvalue weighted by Crippen LogP contribution is -2.40. The number of nitrogens with one attached hydrogen (secondary N) is 2. The highest BCUT2D eigenvalue weighted by atomic mass is 35.5. The lowest BCUT2D eigenvalue weighted by molar-refractivity contribution is 0.0697. The van der Waals surface area contributed by atoms with Crippen LogP contribution in [-0.4, -0.2) is 48.2 Å². The first-order valence-electron chi connectivity index (χ1n) is 6.75. The Morgan fingerprint density at radius 1 is 1.48 bits per heavy atom. The Morgan fingerprint density at radius 3 is 2.81 bits per heavy atom. The van der Waals surface area contributed by atoms with Gasteiger partial charge in [-0.2, -0.15) is 0 Å². The third-order valence-electron chi connectivity index (χ3n) is 3.63. The number of benzene rings is 1. The molecule has 0 aromatic heterocycles. The Hall–Kier alpha value is -1.79. The number of halogens is 1. The summed E-state index contributed by atoms with van der Waals surface area (Å²) in [6.07, 6.45) is 2.22. The Morgan fingerprint density at radius 2 is 2.24 bits per heavy atom. The number of likely N-dealkylation sites (tertiary alicyclic amines) is 1. The van der Waals surface area contributed by atoms with Crippen molar-refractivity contribution in [2.24, 2.45) is 0 Å². The molecule has 1 aliphatic heterocycles. The summed E-state index contributed by atoms with van der Waals surface area (Å²) in [5, 5.41) is 14.5. The average Bonchev–Trinajstić information content (AvgIpc) is 2.84. The van der Waals surface area contributed by atoms with Gasteiger partial charge in [0, 0.05) is 12.6 Å². The quantitative estimate of drug-likeness (QED) is 0.796. The molecule has 1 aliphatic rings. The summed E-state index contributed by atoms with van der Waals surface area (Å²) in [5.41, 5.74) is 0.470. The zero-order valence-electron chi connectivity index (χ0n) is 11.7. The third kappa shape index (κ3) is 4.09. The van der Waals surface area contributed by atoms with Crippen LogP contribution in [0.4, 0.5) is 10.5 Å². The summed E-state index contributed by atoms with van der Waals surface area (Å²) in [5.74, 6) is -1.06. The molecule has 0 bridgehead atoms. The van der Waals surface area contributed by atoms with Gasteiger partial charge in [0.15, 0.2) is 0 Å². The van der Waals surface area contributed by atoms with Crippen molar-refractivity contribution >= 4 is 29.3 Å². The fourth-order valence-corrected chi connectivity index (χ4v) is 2.59. The molecule has 2 amide bonds. The van der Waals surface area contributed by atoms with Crippen LogP contribution in [0, 0.1) is 0 Å². The van der Waals surface area contributed by atoms with E-state index in [2.05, 4.69) is 15.5 Å². The van der Waals surface area contributed by atoms with Gasteiger partial charge in [-0.15, -0.1) is 0 Å². The minimum absolute atomic E-state index is 0.0820. The smallest absolute Gasteiger partial charge is 0.335 e. The summed E-state index contributed by atoms with van der Waals surface area (Å²) in [6.45, 7) is 1.63. The predicted octanol–water partition coefficient (Wildman–Crippen LogP) is 2.25. The second-order valence-electron chi connectivity index (χ2n) is 5.11. The van der Waals surface area contributed by atoms with Gasteiger partial charge in [-0.25, -0.2) is 9.59 Å². The standard InChI is InChI=1S/C14H18ClN3O3/c1-18-6-2-3-10(18)8-16-14(21)17-12-5-4-9(13(19)20)7-11(12)15/h4-5,7,10H,2-3,6,8H2,1H3,(H,19,20)(H2,16,17,21). The number of likely N-dealkylation sites (N-methyl/N-ethyl adjacent to an activating group) is 1. The number of carbonyl (C=O) groups is 2. The Labute approximate surface area is 128 Å². The highest BCUT2D eigenvalue weighted by molar-refractivity contribution is 6.34. The summed E-state index contributed by atoms with van der Waals surface area (Å²) in [7, 11) is 2.04. The third-order valence-corrected chi connectivity index (χ3v) is 3.95. The van der Waals surface area contributed by atoms with Crippen LogP contribution in [0.25, 0.3) is 0 Å². The first-order chi connectivity index (χ1) is 9.97. The zero-order valence-corrected chi connectivity index (χ0v) is 12.5. The molecule has 0 spiro atoms. The maximum Gasteiger partial charge on any atom is 0.335 e. The van der Waals surface area contributed by atoms with E-state index < -0.39 is 5.97 Å². The van der Waals surface area contributed by atoms with Crippen molar-refractivity contribution in [2.75, 3.05) is 25.5 Å². The molecule has 0 radical (unpaired) electrons. The van der Waals surface area contributed by atoms with Gasteiger partial charge in [-0.1, -0.05) is 11.6 Å². The number of urea groups is 1. The number of anilines is 1. The maximum atomic E-state index is 11.8. The molecule has 6 nitrogen and oxygen atoms in total. The van der Waals surface area contributed by atoms with Gasteiger partial charge in [0.25, 0.3) is 0 Å². The highest BCUT2D eigenvalue weighted by Crippen LogP contribution is 2.23. The zero-order chi connectivity index (χ0) is 15.4. The van der Waals surface area contributed by atoms with Crippen LogP contribution in [0.2, 0.25) is 5.02 Å². The second kappa shape index (κ2) is 6.78. The number of hydrogen-bond donors (Lipinski definition) is 3. The molecule has 1 aromatic rings. The van der Waals surface area contributed by atoms with E-state index in [-0.39, 0.29) is 16.6 Å². The summed E-state index contributed by atoms with van der Waals surface area (Å²) in [4.78, 5) is 24.9. The van der Waals surface area contributed by atoms with Crippen LogP contribution in [0.5, 0.6) is 0 Å². The van der Waals surface area contributed by atoms with Crippen LogP contribution < -0.4 is 10.6 Å². The molecule has 1 fully saturated rings. The van der Waals surface area contributed by atoms with E-state index in [1.54, 1.807) is 0 Å². The number of rotatable bonds is 4. The van der Waals surface area contributed by atoms with Crippen molar-refractivity contribution in [3.8, 4) is 0 Å². The number of nitrogens with zero attached hydrogens (tertiary/aromatic N) is 1. The largest absolute Gasteiger partial charge is 0.478 e. The average molecular weight is 312 g/mol. The van der Waals surface area contributed by atoms with Crippen molar-refractivity contribution in [1.82, 2.24) is 10.2 Å². The fourth-order valence-electron chi connectivity index (χ4n) is 2.36. The van der Waals surface area contributed by atoms with E-state index >= 15 is 0 Å². The molecule has 1 saturated heterocycles. The normalized spacial score (nSPS) is 18.5. The Bertz CT molecular complexity index is 550. The minimum atomic E-state index is -1.06. The highest BCUT2D eigenvalue weighted by Gasteiger charge is 2.21. The SMILES string of the molecule is CN1CCCC1CNC(=O)Nc1ccc(C(=O)O)cc1Cl. The van der Waals surface area contributed by atoms with Gasteiger partial charge < -0.3 is 20.6 Å². The van der Waals surface area contributed by atoms with Crippen molar-refractivity contribution in [3.63, 3.8) is 0 Å². The molecule has 1 atom stereocenters. The van der Waals surface area contributed by atoms with E-state index in [0.29, 0.717) is 18.3 Å². The first-order valence-corrected chi connectivity index (χ1v) is 7.13. The van der Waals surface area contributed by atoms with Gasteiger partial charge in [0.05, 0.1) is 16.3 Å². The van der Waals surface area contributed by atoms with E-state index in [4.69, 9.17) is 16.7 Å². The maximum absolute atomic E-state index is 11.8. The number of carboxylic acid groups (broad SMARTS) is 1. The Balaban J connectivity index is 1.89. The van der Waals surface area contributed by atoms with Crippen LogP contribution >= 0.6 is 11.6 Å². The minimum Gasteiger partial charge on any atom is -0.478 e. The molecule has 1 heterocycles. The number of amides is 2. The molecule has 0 aliphatic carbocycles. The van der Waals surface area contributed by atoms with Gasteiger partial charge in [-0.3, -0.25) is 0 Å². The lowest BCUT2D eigenvalue weighted by atomic mass is 10.2. The molecular weight excluding hydrogens is 294 g/mol. The first kappa shape index (κ1) is 15.6. The van der Waals surface area contributed by atoms with Crippen LogP contribution in [0.15, 0.2) is 18.2 Å². The summed E-state index contributed by atoms with van der Waals surface area (Å²) >= 11 is 5.95. The number of carbonyl (C=O) groups excluding carboxylic acids is 1. The van der Waals surface area contributed by atoms with E-state index in [1.165, 1.54) is 18.2 Å². The molecule has 3 N–H and O–H groups in total. The Kier molecular flexibility index (Phi) is 5.03. The molecule has 2 rings (SSSR count). The van der Waals surface area contributed by atoms with Crippen molar-refractivity contribution in [1.29, 1.82) is 0 Å². The molecule has 1 aromatic carbocycles. The van der Waals surface area contributed by atoms with Gasteiger partial charge in [0.1, 0.15) is 0 Å². The molecule has 7 heteroatoms. The monoisotopic (exact) mass is 311 g/mol. The lowest BCUT2D eigenvalue weighted by Gasteiger charge is -2.19. The number of hydrogen-bond acceptors (Lipinski definition) is 3. The number of aromatic carboxylic acids is 1. The fraction of sp³-hybridized carbons (Fsp3) is 0.429. The molecule has 21 heavy (non-hydrogen) atoms. The molecule has 1 unspecified atom stereocenters. The predicted molar refractivity (Wildman–Crippen MR) is 81.1 cm³/mol. The second-order valence-corrected chi connectivity index (χ2v) is 5.52. The summed E-state index contributed by atoms with van der Waals surface area (Å²) < 4.78 is 0. The summed E-state index contributed by atoms with van der Waals surface area (Å²) in [6, 6.07) is 4.20. The van der Waals surface area contributed by atoms with Crippen molar-refractivity contribution in [2.45, 2.75) is 18.9 Å². The molecular formula is C14H18ClN3O3. The van der Waals surface area contributed by atoms with Gasteiger partial charge >= 0.3 is 12.0 Å². The van der Waals surface area contributed by atoms with Crippen LogP contribution in [-0.2, 0) is 0 Å². The number of carboxylic acids is 1. The van der Waals surface area contributed by atoms with Crippen molar-refractivity contribution < 1.29 is 14.7 Å². The van der Waals surface area contributed by atoms with Crippen molar-refractivity contribution in [3.05, 3.63) is 28.8 Å². The topological polar surface area (TPSA) is 81.7 Å². The molecule has 114 valence electrons. The van der Waals surface area contributed by atoms with E-state index in [9.17, 15) is 9.59 Å². The van der Waals surface area contributed by atoms with Crippen LogP contribution in [0.1, 0.15) is 23.2 Å². The van der Waals surface area contributed by atoms with Gasteiger partial charge in [0.2, 0.25) is 0 Å². The van der Waals surface area contributed by atoms with E-state index in [1.807, 2.05) is 7.05 Å². The van der Waals surface area contributed by atoms with Gasteiger partial charge in [-0.05, 0) is 44.6 Å². The van der Waals surface area contributed by atoms with E-state index in [0.717, 1.165) is 19.4 Å².